The highest BCUT2D eigenvalue weighted by Crippen LogP contribution is 2.33. The number of aromatic nitrogens is 1. The quantitative estimate of drug-likeness (QED) is 0.620. The Bertz CT molecular complexity index is 937. The Balaban J connectivity index is 1.96. The largest absolute Gasteiger partial charge is 0.356 e. The van der Waals surface area contributed by atoms with Crippen LogP contribution in [-0.2, 0) is 13.7 Å². The zero-order chi connectivity index (χ0) is 18.0. The topological polar surface area (TPSA) is 34.0 Å². The number of carbonyl (C=O) groups excluding carboxylic acids is 1. The van der Waals surface area contributed by atoms with Crippen LogP contribution >= 0.6 is 23.2 Å². The molecule has 0 saturated heterocycles. The fourth-order valence-corrected chi connectivity index (χ4v) is 2.95. The summed E-state index contributed by atoms with van der Waals surface area (Å²) in [7, 11) is 1.75. The fourth-order valence-electron chi connectivity index (χ4n) is 2.65. The van der Waals surface area contributed by atoms with Crippen molar-refractivity contribution in [2.24, 2.45) is 7.05 Å². The van der Waals surface area contributed by atoms with Gasteiger partial charge in [0.15, 0.2) is 0 Å². The van der Waals surface area contributed by atoms with Crippen LogP contribution in [0.15, 0.2) is 54.9 Å². The van der Waals surface area contributed by atoms with Gasteiger partial charge in [-0.2, -0.15) is 0 Å². The minimum atomic E-state index is -0.696. The maximum absolute atomic E-state index is 13.1. The van der Waals surface area contributed by atoms with Crippen molar-refractivity contribution in [1.82, 2.24) is 4.57 Å². The van der Waals surface area contributed by atoms with Crippen LogP contribution in [0.4, 0.5) is 10.1 Å². The monoisotopic (exact) mass is 376 g/mol. The highest BCUT2D eigenvalue weighted by molar-refractivity contribution is 6.42. The molecule has 6 heteroatoms. The van der Waals surface area contributed by atoms with Crippen molar-refractivity contribution in [3.8, 4) is 11.1 Å². The van der Waals surface area contributed by atoms with Gasteiger partial charge in [0.2, 0.25) is 0 Å². The van der Waals surface area contributed by atoms with E-state index in [1.165, 1.54) is 0 Å². The van der Waals surface area contributed by atoms with Crippen LogP contribution in [0.2, 0.25) is 10.0 Å². The molecule has 0 aliphatic carbocycles. The highest BCUT2D eigenvalue weighted by atomic mass is 35.5. The Morgan fingerprint density at radius 3 is 2.60 bits per heavy atom. The summed E-state index contributed by atoms with van der Waals surface area (Å²) >= 11 is 12.1. The molecule has 0 fully saturated rings. The van der Waals surface area contributed by atoms with Crippen LogP contribution in [0.5, 0.6) is 0 Å². The maximum Gasteiger partial charge on any atom is 0.257 e. The van der Waals surface area contributed by atoms with E-state index in [2.05, 4.69) is 5.32 Å². The van der Waals surface area contributed by atoms with Gasteiger partial charge in [0.05, 0.1) is 15.6 Å². The lowest BCUT2D eigenvalue weighted by Crippen LogP contribution is -2.13. The molecule has 0 spiro atoms. The Labute approximate surface area is 155 Å². The first-order chi connectivity index (χ1) is 12.0. The number of hydrogen-bond acceptors (Lipinski definition) is 1. The molecule has 1 N–H and O–H groups in total. The van der Waals surface area contributed by atoms with Crippen molar-refractivity contribution >= 4 is 34.8 Å². The van der Waals surface area contributed by atoms with Crippen molar-refractivity contribution in [1.29, 1.82) is 0 Å². The van der Waals surface area contributed by atoms with Gasteiger partial charge in [-0.05, 0) is 23.8 Å². The third-order valence-electron chi connectivity index (χ3n) is 3.83. The lowest BCUT2D eigenvalue weighted by Gasteiger charge is -2.12. The number of nitrogens with one attached hydrogen (secondary N) is 1. The van der Waals surface area contributed by atoms with Crippen LogP contribution in [0.3, 0.4) is 0 Å². The first-order valence-corrected chi connectivity index (χ1v) is 8.32. The zero-order valence-corrected chi connectivity index (χ0v) is 14.9. The average molecular weight is 377 g/mol. The van der Waals surface area contributed by atoms with Gasteiger partial charge in [0, 0.05) is 36.3 Å². The van der Waals surface area contributed by atoms with Gasteiger partial charge in [-0.1, -0.05) is 47.5 Å². The average Bonchev–Trinajstić information content (AvgIpc) is 2.99. The van der Waals surface area contributed by atoms with Crippen molar-refractivity contribution < 1.29 is 9.18 Å². The summed E-state index contributed by atoms with van der Waals surface area (Å²) in [6.07, 6.45) is 3.20. The molecule has 0 saturated carbocycles. The minimum Gasteiger partial charge on any atom is -0.356 e. The minimum absolute atomic E-state index is 0.314. The predicted octanol–water partition coefficient (Wildman–Crippen LogP) is 5.72. The molecule has 0 bridgehead atoms. The molecule has 128 valence electrons. The summed E-state index contributed by atoms with van der Waals surface area (Å²) in [5.41, 5.74) is 2.90. The van der Waals surface area contributed by atoms with E-state index in [4.69, 9.17) is 23.2 Å². The van der Waals surface area contributed by atoms with Crippen LogP contribution in [0, 0.1) is 0 Å². The summed E-state index contributed by atoms with van der Waals surface area (Å²) in [5.74, 6) is -0.360. The number of hydrogen-bond donors (Lipinski definition) is 1. The van der Waals surface area contributed by atoms with E-state index in [0.717, 1.165) is 11.1 Å². The maximum atomic E-state index is 13.1. The van der Waals surface area contributed by atoms with E-state index < -0.39 is 6.67 Å². The van der Waals surface area contributed by atoms with Crippen molar-refractivity contribution in [3.05, 3.63) is 76.0 Å². The number of para-hydroxylation sites is 1. The standard InChI is InChI=1S/C19H15Cl2FN2O/c1-24-10-13(9-22)15(11-24)19(25)23-18-5-3-2-4-14(18)12-6-7-16(20)17(21)8-12/h2-8,10-11H,9H2,1H3,(H,23,25). The summed E-state index contributed by atoms with van der Waals surface area (Å²) in [6.45, 7) is -0.696. The number of anilines is 1. The predicted molar refractivity (Wildman–Crippen MR) is 100 cm³/mol. The Kier molecular flexibility index (Phi) is 5.11. The van der Waals surface area contributed by atoms with Crippen LogP contribution in [0.1, 0.15) is 15.9 Å². The molecule has 0 atom stereocenters. The van der Waals surface area contributed by atoms with Gasteiger partial charge >= 0.3 is 0 Å². The molecule has 2 aromatic carbocycles. The third-order valence-corrected chi connectivity index (χ3v) is 4.57. The summed E-state index contributed by atoms with van der Waals surface area (Å²) in [5, 5.41) is 3.75. The van der Waals surface area contributed by atoms with E-state index in [0.29, 0.717) is 26.9 Å². The summed E-state index contributed by atoms with van der Waals surface area (Å²) < 4.78 is 14.8. The van der Waals surface area contributed by atoms with Gasteiger partial charge in [-0.25, -0.2) is 4.39 Å². The lowest BCUT2D eigenvalue weighted by molar-refractivity contribution is 0.102. The van der Waals surface area contributed by atoms with Crippen LogP contribution in [-0.4, -0.2) is 10.5 Å². The van der Waals surface area contributed by atoms with E-state index in [1.54, 1.807) is 42.2 Å². The Morgan fingerprint density at radius 1 is 1.12 bits per heavy atom. The molecule has 1 amide bonds. The SMILES string of the molecule is Cn1cc(CF)c(C(=O)Nc2ccccc2-c2ccc(Cl)c(Cl)c2)c1. The molecule has 1 heterocycles. The number of benzene rings is 2. The molecule has 1 aromatic heterocycles. The molecule has 3 nitrogen and oxygen atoms in total. The Hall–Kier alpha value is -2.30. The molecular formula is C19H15Cl2FN2O. The van der Waals surface area contributed by atoms with Gasteiger partial charge in [-0.15, -0.1) is 0 Å². The van der Waals surface area contributed by atoms with Gasteiger partial charge in [0.1, 0.15) is 6.67 Å². The number of carbonyl (C=O) groups is 1. The van der Waals surface area contributed by atoms with Crippen molar-refractivity contribution in [3.63, 3.8) is 0 Å². The van der Waals surface area contributed by atoms with Gasteiger partial charge in [-0.3, -0.25) is 4.79 Å². The molecule has 25 heavy (non-hydrogen) atoms. The number of rotatable bonds is 4. The van der Waals surface area contributed by atoms with E-state index in [1.807, 2.05) is 24.3 Å². The number of aryl methyl sites for hydroxylation is 1. The number of alkyl halides is 1. The van der Waals surface area contributed by atoms with Crippen LogP contribution < -0.4 is 5.32 Å². The van der Waals surface area contributed by atoms with E-state index in [-0.39, 0.29) is 5.91 Å². The van der Waals surface area contributed by atoms with E-state index >= 15 is 0 Å². The molecule has 0 unspecified atom stereocenters. The number of amides is 1. The van der Waals surface area contributed by atoms with E-state index in [9.17, 15) is 9.18 Å². The Morgan fingerprint density at radius 2 is 1.88 bits per heavy atom. The first-order valence-electron chi connectivity index (χ1n) is 7.56. The smallest absolute Gasteiger partial charge is 0.257 e. The van der Waals surface area contributed by atoms with Gasteiger partial charge < -0.3 is 9.88 Å². The van der Waals surface area contributed by atoms with Gasteiger partial charge in [0.25, 0.3) is 5.91 Å². The lowest BCUT2D eigenvalue weighted by atomic mass is 10.0. The molecule has 0 aliphatic heterocycles. The van der Waals surface area contributed by atoms with Crippen molar-refractivity contribution in [2.45, 2.75) is 6.67 Å². The second-order valence-corrected chi connectivity index (χ2v) is 6.44. The van der Waals surface area contributed by atoms with Crippen LogP contribution in [0.25, 0.3) is 11.1 Å². The molecule has 3 rings (SSSR count). The first kappa shape index (κ1) is 17.5. The highest BCUT2D eigenvalue weighted by Gasteiger charge is 2.16. The second kappa shape index (κ2) is 7.30. The molecule has 0 aliphatic rings. The van der Waals surface area contributed by atoms with Crippen molar-refractivity contribution in [2.75, 3.05) is 5.32 Å². The molecule has 0 radical (unpaired) electrons. The number of nitrogens with zero attached hydrogens (tertiary/aromatic N) is 1. The summed E-state index contributed by atoms with van der Waals surface area (Å²) in [4.78, 5) is 12.6. The third kappa shape index (κ3) is 3.70. The molecular weight excluding hydrogens is 362 g/mol. The fraction of sp³-hybridized carbons (Fsp3) is 0.105. The molecule has 3 aromatic rings. The zero-order valence-electron chi connectivity index (χ0n) is 13.4. The second-order valence-electron chi connectivity index (χ2n) is 5.62. The summed E-state index contributed by atoms with van der Waals surface area (Å²) in [6, 6.07) is 12.6. The normalized spacial score (nSPS) is 10.7. The number of halogens is 3.